The molecule has 0 bridgehead atoms. The Balaban J connectivity index is 1.62. The lowest BCUT2D eigenvalue weighted by atomic mass is 10.1. The fourth-order valence-corrected chi connectivity index (χ4v) is 2.43. The van der Waals surface area contributed by atoms with E-state index in [-0.39, 0.29) is 11.3 Å². The molecule has 1 heterocycles. The van der Waals surface area contributed by atoms with Gasteiger partial charge in [-0.1, -0.05) is 0 Å². The number of alkyl halides is 1. The predicted octanol–water partition coefficient (Wildman–Crippen LogP) is 2.21. The molecule has 1 aromatic rings. The summed E-state index contributed by atoms with van der Waals surface area (Å²) in [6.45, 7) is 1.58. The molecule has 1 aromatic carbocycles. The molecule has 0 aromatic heterocycles. The van der Waals surface area contributed by atoms with Crippen molar-refractivity contribution in [3.05, 3.63) is 23.8 Å². The molecule has 4 nitrogen and oxygen atoms in total. The molecule has 1 aliphatic carbocycles. The standard InChI is InChI=1S/C14H16ClNO3/c15-11(9-1-2-9)8-16-14(17)10-3-4-12-13(7-10)19-6-5-18-12/h3-4,7,9,11H,1-2,5-6,8H2,(H,16,17). The van der Waals surface area contributed by atoms with Crippen LogP contribution in [0.3, 0.4) is 0 Å². The summed E-state index contributed by atoms with van der Waals surface area (Å²) in [6.07, 6.45) is 2.35. The molecule has 1 fully saturated rings. The summed E-state index contributed by atoms with van der Waals surface area (Å²) in [5.74, 6) is 1.77. The summed E-state index contributed by atoms with van der Waals surface area (Å²) in [7, 11) is 0. The first-order valence-corrected chi connectivity index (χ1v) is 6.99. The largest absolute Gasteiger partial charge is 0.486 e. The molecule has 19 heavy (non-hydrogen) atoms. The number of carbonyl (C=O) groups is 1. The zero-order chi connectivity index (χ0) is 13.2. The van der Waals surface area contributed by atoms with Gasteiger partial charge < -0.3 is 14.8 Å². The highest BCUT2D eigenvalue weighted by Crippen LogP contribution is 2.35. The van der Waals surface area contributed by atoms with Gasteiger partial charge in [0.2, 0.25) is 0 Å². The summed E-state index contributed by atoms with van der Waals surface area (Å²) in [6, 6.07) is 5.22. The first-order valence-electron chi connectivity index (χ1n) is 6.56. The number of halogens is 1. The van der Waals surface area contributed by atoms with Gasteiger partial charge in [0, 0.05) is 12.1 Å². The maximum absolute atomic E-state index is 12.0. The number of amides is 1. The molecule has 5 heteroatoms. The minimum Gasteiger partial charge on any atom is -0.486 e. The van der Waals surface area contributed by atoms with E-state index in [9.17, 15) is 4.79 Å². The van der Waals surface area contributed by atoms with E-state index in [4.69, 9.17) is 21.1 Å². The van der Waals surface area contributed by atoms with Crippen molar-refractivity contribution >= 4 is 17.5 Å². The second-order valence-electron chi connectivity index (χ2n) is 4.92. The van der Waals surface area contributed by atoms with E-state index in [0.717, 1.165) is 0 Å². The van der Waals surface area contributed by atoms with Gasteiger partial charge in [0.15, 0.2) is 11.5 Å². The first kappa shape index (κ1) is 12.6. The van der Waals surface area contributed by atoms with Crippen LogP contribution < -0.4 is 14.8 Å². The van der Waals surface area contributed by atoms with Crippen molar-refractivity contribution in [3.63, 3.8) is 0 Å². The number of carbonyl (C=O) groups excluding carboxylic acids is 1. The fourth-order valence-electron chi connectivity index (χ4n) is 2.10. The minimum absolute atomic E-state index is 0.0427. The molecule has 0 spiro atoms. The van der Waals surface area contributed by atoms with Crippen LogP contribution in [0.5, 0.6) is 11.5 Å². The van der Waals surface area contributed by atoms with Crippen LogP contribution >= 0.6 is 11.6 Å². The number of benzene rings is 1. The molecule has 1 saturated carbocycles. The second kappa shape index (κ2) is 5.29. The summed E-state index contributed by atoms with van der Waals surface area (Å²) in [5, 5.41) is 2.90. The summed E-state index contributed by atoms with van der Waals surface area (Å²) >= 11 is 6.17. The lowest BCUT2D eigenvalue weighted by Gasteiger charge is -2.18. The number of hydrogen-bond acceptors (Lipinski definition) is 3. The Hall–Kier alpha value is -1.42. The van der Waals surface area contributed by atoms with Gasteiger partial charge in [-0.15, -0.1) is 11.6 Å². The van der Waals surface area contributed by atoms with Gasteiger partial charge in [0.05, 0.1) is 5.38 Å². The second-order valence-corrected chi connectivity index (χ2v) is 5.48. The Morgan fingerprint density at radius 1 is 1.32 bits per heavy atom. The zero-order valence-corrected chi connectivity index (χ0v) is 11.3. The normalized spacial score (nSPS) is 18.8. The summed E-state index contributed by atoms with van der Waals surface area (Å²) in [5.41, 5.74) is 0.573. The highest BCUT2D eigenvalue weighted by atomic mass is 35.5. The number of ether oxygens (including phenoxy) is 2. The van der Waals surface area contributed by atoms with Crippen LogP contribution in [-0.4, -0.2) is 31.0 Å². The molecule has 0 saturated heterocycles. The summed E-state index contributed by atoms with van der Waals surface area (Å²) in [4.78, 5) is 12.0. The highest BCUT2D eigenvalue weighted by Gasteiger charge is 2.29. The van der Waals surface area contributed by atoms with E-state index in [1.54, 1.807) is 18.2 Å². The van der Waals surface area contributed by atoms with Crippen molar-refractivity contribution in [1.82, 2.24) is 5.32 Å². The molecular formula is C14H16ClNO3. The third kappa shape index (κ3) is 2.95. The molecule has 2 aliphatic rings. The number of rotatable bonds is 4. The van der Waals surface area contributed by atoms with Gasteiger partial charge >= 0.3 is 0 Å². The van der Waals surface area contributed by atoms with Gasteiger partial charge in [-0.25, -0.2) is 0 Å². The molecule has 1 amide bonds. The lowest BCUT2D eigenvalue weighted by Crippen LogP contribution is -2.30. The average molecular weight is 282 g/mol. The third-order valence-electron chi connectivity index (χ3n) is 3.40. The molecule has 1 aliphatic heterocycles. The topological polar surface area (TPSA) is 47.6 Å². The molecular weight excluding hydrogens is 266 g/mol. The van der Waals surface area contributed by atoms with E-state index in [1.165, 1.54) is 12.8 Å². The lowest BCUT2D eigenvalue weighted by molar-refractivity contribution is 0.0951. The quantitative estimate of drug-likeness (QED) is 0.861. The van der Waals surface area contributed by atoms with Crippen LogP contribution in [-0.2, 0) is 0 Å². The number of fused-ring (bicyclic) bond motifs is 1. The Kier molecular flexibility index (Phi) is 3.51. The van der Waals surface area contributed by atoms with Gasteiger partial charge in [0.1, 0.15) is 13.2 Å². The first-order chi connectivity index (χ1) is 9.24. The SMILES string of the molecule is O=C(NCC(Cl)C1CC1)c1ccc2c(c1)OCCO2. The molecule has 0 radical (unpaired) electrons. The maximum atomic E-state index is 12.0. The predicted molar refractivity (Wildman–Crippen MR) is 72.1 cm³/mol. The van der Waals surface area contributed by atoms with Gasteiger partial charge in [0.25, 0.3) is 5.91 Å². The van der Waals surface area contributed by atoms with Crippen molar-refractivity contribution in [2.45, 2.75) is 18.2 Å². The van der Waals surface area contributed by atoms with E-state index in [1.807, 2.05) is 0 Å². The molecule has 102 valence electrons. The Labute approximate surface area is 117 Å². The van der Waals surface area contributed by atoms with Crippen molar-refractivity contribution in [2.24, 2.45) is 5.92 Å². The Morgan fingerprint density at radius 3 is 2.79 bits per heavy atom. The zero-order valence-electron chi connectivity index (χ0n) is 10.5. The van der Waals surface area contributed by atoms with Crippen LogP contribution in [0.15, 0.2) is 18.2 Å². The van der Waals surface area contributed by atoms with E-state index < -0.39 is 0 Å². The van der Waals surface area contributed by atoms with Crippen LogP contribution in [0.2, 0.25) is 0 Å². The van der Waals surface area contributed by atoms with E-state index in [2.05, 4.69) is 5.32 Å². The van der Waals surface area contributed by atoms with Crippen LogP contribution in [0.1, 0.15) is 23.2 Å². The maximum Gasteiger partial charge on any atom is 0.251 e. The Morgan fingerprint density at radius 2 is 2.05 bits per heavy atom. The highest BCUT2D eigenvalue weighted by molar-refractivity contribution is 6.21. The summed E-state index contributed by atoms with van der Waals surface area (Å²) < 4.78 is 10.9. The van der Waals surface area contributed by atoms with Crippen molar-refractivity contribution in [3.8, 4) is 11.5 Å². The van der Waals surface area contributed by atoms with Crippen molar-refractivity contribution < 1.29 is 14.3 Å². The fraction of sp³-hybridized carbons (Fsp3) is 0.500. The minimum atomic E-state index is -0.122. The van der Waals surface area contributed by atoms with Gasteiger partial charge in [-0.3, -0.25) is 4.79 Å². The van der Waals surface area contributed by atoms with Gasteiger partial charge in [-0.2, -0.15) is 0 Å². The van der Waals surface area contributed by atoms with Crippen molar-refractivity contribution in [1.29, 1.82) is 0 Å². The molecule has 1 atom stereocenters. The average Bonchev–Trinajstić information content (AvgIpc) is 3.28. The molecule has 3 rings (SSSR count). The van der Waals surface area contributed by atoms with E-state index in [0.29, 0.717) is 42.7 Å². The monoisotopic (exact) mass is 281 g/mol. The Bertz CT molecular complexity index is 488. The van der Waals surface area contributed by atoms with Gasteiger partial charge in [-0.05, 0) is 37.0 Å². The molecule has 1 unspecified atom stereocenters. The number of nitrogens with one attached hydrogen (secondary N) is 1. The third-order valence-corrected chi connectivity index (χ3v) is 3.91. The smallest absolute Gasteiger partial charge is 0.251 e. The van der Waals surface area contributed by atoms with Crippen molar-refractivity contribution in [2.75, 3.05) is 19.8 Å². The molecule has 1 N–H and O–H groups in total. The number of hydrogen-bond donors (Lipinski definition) is 1. The van der Waals surface area contributed by atoms with Crippen LogP contribution in [0.4, 0.5) is 0 Å². The van der Waals surface area contributed by atoms with Crippen LogP contribution in [0.25, 0.3) is 0 Å². The van der Waals surface area contributed by atoms with Crippen LogP contribution in [0, 0.1) is 5.92 Å². The van der Waals surface area contributed by atoms with E-state index >= 15 is 0 Å².